The summed E-state index contributed by atoms with van der Waals surface area (Å²) in [4.78, 5) is 29.1. The van der Waals surface area contributed by atoms with Crippen molar-refractivity contribution in [3.05, 3.63) is 70.2 Å². The van der Waals surface area contributed by atoms with Gasteiger partial charge in [-0.05, 0) is 92.1 Å². The van der Waals surface area contributed by atoms with Gasteiger partial charge in [-0.25, -0.2) is 9.18 Å². The largest absolute Gasteiger partial charge is 0.366 e. The van der Waals surface area contributed by atoms with E-state index in [1.807, 2.05) is 6.92 Å². The van der Waals surface area contributed by atoms with E-state index in [0.717, 1.165) is 35.4 Å². The minimum absolute atomic E-state index is 0.0884. The Labute approximate surface area is 195 Å². The number of urea groups is 1. The minimum Gasteiger partial charge on any atom is -0.366 e. The zero-order valence-corrected chi connectivity index (χ0v) is 20.0. The average molecular weight is 450 g/mol. The number of fused-ring (bicyclic) bond motifs is 1. The van der Waals surface area contributed by atoms with Gasteiger partial charge in [0.25, 0.3) is 5.91 Å². The van der Waals surface area contributed by atoms with E-state index >= 15 is 0 Å². The molecule has 3 amide bonds. The van der Waals surface area contributed by atoms with Gasteiger partial charge in [0.05, 0.1) is 6.54 Å². The third-order valence-electron chi connectivity index (χ3n) is 6.74. The summed E-state index contributed by atoms with van der Waals surface area (Å²) >= 11 is 0. The molecule has 0 saturated carbocycles. The van der Waals surface area contributed by atoms with E-state index in [0.29, 0.717) is 11.5 Å². The lowest BCUT2D eigenvalue weighted by Crippen LogP contribution is -2.48. The summed E-state index contributed by atoms with van der Waals surface area (Å²) in [6.45, 7) is 12.2. The van der Waals surface area contributed by atoms with Gasteiger partial charge in [-0.3, -0.25) is 9.69 Å². The molecule has 0 aliphatic carbocycles. The molecule has 2 aromatic carbocycles. The molecule has 6 heteroatoms. The number of hydrogen-bond acceptors (Lipinski definition) is 3. The number of amides is 3. The van der Waals surface area contributed by atoms with Crippen molar-refractivity contribution in [3.63, 3.8) is 0 Å². The number of benzene rings is 2. The van der Waals surface area contributed by atoms with E-state index in [4.69, 9.17) is 0 Å². The van der Waals surface area contributed by atoms with Crippen LogP contribution >= 0.6 is 0 Å². The van der Waals surface area contributed by atoms with Crippen LogP contribution in [0.25, 0.3) is 6.08 Å². The van der Waals surface area contributed by atoms with Crippen LogP contribution in [0.1, 0.15) is 68.7 Å². The van der Waals surface area contributed by atoms with Gasteiger partial charge in [-0.2, -0.15) is 0 Å². The van der Waals surface area contributed by atoms with Gasteiger partial charge in [0, 0.05) is 17.8 Å². The standard InChI is InChI=1S/C27H32FN3O2/c1-6-11-31-24-12-17(2)20(13-22(24)18(3)15-27(31,4)5)14-23-25(32)30(26(33)29-23)16-19-7-9-21(28)10-8-19/h7-10,12-14,18H,6,11,15-16H2,1-5H3,(H,29,33)/b23-14+. The Morgan fingerprint density at radius 3 is 2.55 bits per heavy atom. The number of anilines is 1. The Balaban J connectivity index is 1.64. The maximum Gasteiger partial charge on any atom is 0.329 e. The first-order chi connectivity index (χ1) is 15.6. The maximum absolute atomic E-state index is 13.2. The lowest BCUT2D eigenvalue weighted by Gasteiger charge is -2.48. The topological polar surface area (TPSA) is 52.7 Å². The SMILES string of the molecule is CCCN1c2cc(C)c(/C=C3/NC(=O)N(Cc4ccc(F)cc4)C3=O)cc2C(C)CC1(C)C. The Morgan fingerprint density at radius 1 is 1.18 bits per heavy atom. The number of hydrogen-bond donors (Lipinski definition) is 1. The van der Waals surface area contributed by atoms with Gasteiger partial charge < -0.3 is 10.2 Å². The first kappa shape index (κ1) is 23.0. The van der Waals surface area contributed by atoms with Crippen LogP contribution in [0.2, 0.25) is 0 Å². The van der Waals surface area contributed by atoms with Crippen molar-refractivity contribution in [2.75, 3.05) is 11.4 Å². The summed E-state index contributed by atoms with van der Waals surface area (Å²) in [5, 5.41) is 2.71. The van der Waals surface area contributed by atoms with Gasteiger partial charge in [-0.1, -0.05) is 26.0 Å². The molecule has 1 unspecified atom stereocenters. The first-order valence-electron chi connectivity index (χ1n) is 11.6. The molecule has 2 aromatic rings. The highest BCUT2D eigenvalue weighted by molar-refractivity contribution is 6.14. The summed E-state index contributed by atoms with van der Waals surface area (Å²) in [5.41, 5.74) is 5.58. The molecule has 4 rings (SSSR count). The molecule has 2 heterocycles. The number of nitrogens with one attached hydrogen (secondary N) is 1. The number of carbonyl (C=O) groups is 2. The second-order valence-corrected chi connectivity index (χ2v) is 9.84. The molecule has 5 nitrogen and oxygen atoms in total. The van der Waals surface area contributed by atoms with Crippen LogP contribution in [0.15, 0.2) is 42.1 Å². The van der Waals surface area contributed by atoms with Crippen molar-refractivity contribution in [2.45, 2.75) is 65.5 Å². The van der Waals surface area contributed by atoms with Crippen molar-refractivity contribution >= 4 is 23.7 Å². The van der Waals surface area contributed by atoms with Gasteiger partial charge in [-0.15, -0.1) is 0 Å². The summed E-state index contributed by atoms with van der Waals surface area (Å²) in [6.07, 6.45) is 3.91. The molecule has 2 aliphatic heterocycles. The molecule has 0 spiro atoms. The molecular weight excluding hydrogens is 417 g/mol. The fourth-order valence-electron chi connectivity index (χ4n) is 5.10. The lowest BCUT2D eigenvalue weighted by atomic mass is 9.79. The van der Waals surface area contributed by atoms with E-state index in [-0.39, 0.29) is 29.5 Å². The molecule has 1 atom stereocenters. The molecule has 1 fully saturated rings. The Hall–Kier alpha value is -3.15. The van der Waals surface area contributed by atoms with Crippen molar-refractivity contribution in [2.24, 2.45) is 0 Å². The molecule has 33 heavy (non-hydrogen) atoms. The quantitative estimate of drug-likeness (QED) is 0.469. The molecule has 2 aliphatic rings. The van der Waals surface area contributed by atoms with Crippen LogP contribution in [0.4, 0.5) is 14.9 Å². The molecule has 0 aromatic heterocycles. The number of imide groups is 1. The average Bonchev–Trinajstić information content (AvgIpc) is 3.00. The van der Waals surface area contributed by atoms with Crippen molar-refractivity contribution < 1.29 is 14.0 Å². The second-order valence-electron chi connectivity index (χ2n) is 9.84. The third-order valence-corrected chi connectivity index (χ3v) is 6.74. The Morgan fingerprint density at radius 2 is 1.88 bits per heavy atom. The van der Waals surface area contributed by atoms with Gasteiger partial charge >= 0.3 is 6.03 Å². The molecule has 0 bridgehead atoms. The second kappa shape index (κ2) is 8.65. The normalized spacial score (nSPS) is 20.9. The van der Waals surface area contributed by atoms with Gasteiger partial charge in [0.15, 0.2) is 0 Å². The minimum atomic E-state index is -0.463. The van der Waals surface area contributed by atoms with E-state index in [2.05, 4.69) is 50.0 Å². The zero-order valence-electron chi connectivity index (χ0n) is 20.0. The third kappa shape index (κ3) is 4.39. The smallest absolute Gasteiger partial charge is 0.329 e. The summed E-state index contributed by atoms with van der Waals surface area (Å²) in [6, 6.07) is 9.73. The molecular formula is C27H32FN3O2. The Kier molecular flexibility index (Phi) is 6.04. The van der Waals surface area contributed by atoms with Crippen molar-refractivity contribution in [1.82, 2.24) is 10.2 Å². The van der Waals surface area contributed by atoms with Crippen LogP contribution in [-0.4, -0.2) is 28.9 Å². The van der Waals surface area contributed by atoms with Gasteiger partial charge in [0.2, 0.25) is 0 Å². The molecule has 0 radical (unpaired) electrons. The molecule has 174 valence electrons. The van der Waals surface area contributed by atoms with E-state index < -0.39 is 6.03 Å². The highest BCUT2D eigenvalue weighted by Gasteiger charge is 2.37. The van der Waals surface area contributed by atoms with Crippen LogP contribution < -0.4 is 10.2 Å². The van der Waals surface area contributed by atoms with Crippen LogP contribution in [0.3, 0.4) is 0 Å². The van der Waals surface area contributed by atoms with Crippen molar-refractivity contribution in [1.29, 1.82) is 0 Å². The van der Waals surface area contributed by atoms with Crippen LogP contribution in [-0.2, 0) is 11.3 Å². The molecule has 1 N–H and O–H groups in total. The number of halogens is 1. The summed E-state index contributed by atoms with van der Waals surface area (Å²) < 4.78 is 13.2. The van der Waals surface area contributed by atoms with Gasteiger partial charge in [0.1, 0.15) is 11.5 Å². The predicted molar refractivity (Wildman–Crippen MR) is 129 cm³/mol. The van der Waals surface area contributed by atoms with E-state index in [9.17, 15) is 14.0 Å². The summed E-state index contributed by atoms with van der Waals surface area (Å²) in [5.74, 6) is -0.331. The maximum atomic E-state index is 13.2. The Bertz CT molecular complexity index is 1120. The van der Waals surface area contributed by atoms with E-state index in [1.165, 1.54) is 23.4 Å². The lowest BCUT2D eigenvalue weighted by molar-refractivity contribution is -0.123. The monoisotopic (exact) mass is 449 g/mol. The van der Waals surface area contributed by atoms with Crippen molar-refractivity contribution in [3.8, 4) is 0 Å². The van der Waals surface area contributed by atoms with Crippen LogP contribution in [0.5, 0.6) is 0 Å². The van der Waals surface area contributed by atoms with E-state index in [1.54, 1.807) is 18.2 Å². The molecule has 1 saturated heterocycles. The highest BCUT2D eigenvalue weighted by atomic mass is 19.1. The fraction of sp³-hybridized carbons (Fsp3) is 0.407. The number of nitrogens with zero attached hydrogens (tertiary/aromatic N) is 2. The number of rotatable bonds is 5. The first-order valence-corrected chi connectivity index (χ1v) is 11.6. The fourth-order valence-corrected chi connectivity index (χ4v) is 5.10. The highest BCUT2D eigenvalue weighted by Crippen LogP contribution is 2.44. The predicted octanol–water partition coefficient (Wildman–Crippen LogP) is 5.73. The summed E-state index contributed by atoms with van der Waals surface area (Å²) in [7, 11) is 0. The number of carbonyl (C=O) groups excluding carboxylic acids is 2. The van der Waals surface area contributed by atoms with Crippen LogP contribution in [0, 0.1) is 12.7 Å². The zero-order chi connectivity index (χ0) is 23.9. The number of aryl methyl sites for hydroxylation is 1.